The molecule has 2 N–H and O–H groups in total. The summed E-state index contributed by atoms with van der Waals surface area (Å²) in [5, 5.41) is 10.3. The van der Waals surface area contributed by atoms with Crippen LogP contribution in [0.2, 0.25) is 0 Å². The lowest BCUT2D eigenvalue weighted by Gasteiger charge is -2.31. The van der Waals surface area contributed by atoms with Crippen LogP contribution in [0.4, 0.5) is 14.9 Å². The van der Waals surface area contributed by atoms with Crippen LogP contribution in [0.5, 0.6) is 5.75 Å². The first kappa shape index (κ1) is 22.6. The van der Waals surface area contributed by atoms with Crippen molar-refractivity contribution in [2.24, 2.45) is 11.8 Å². The summed E-state index contributed by atoms with van der Waals surface area (Å²) < 4.78 is 47.7. The Morgan fingerprint density at radius 3 is 2.62 bits per heavy atom. The van der Waals surface area contributed by atoms with Gasteiger partial charge in [-0.1, -0.05) is 0 Å². The number of rotatable bonds is 2. The van der Waals surface area contributed by atoms with E-state index in [0.717, 1.165) is 12.8 Å². The molecule has 9 nitrogen and oxygen atoms in total. The van der Waals surface area contributed by atoms with Crippen LogP contribution in [0.1, 0.15) is 44.7 Å². The van der Waals surface area contributed by atoms with Crippen LogP contribution in [0.15, 0.2) is 6.07 Å². The molecule has 32 heavy (non-hydrogen) atoms. The summed E-state index contributed by atoms with van der Waals surface area (Å²) in [6.07, 6.45) is 2.12. The molecule has 1 aromatic rings. The smallest absolute Gasteiger partial charge is 0.410 e. The SMILES string of the molecule is CC(C)(C)OC(=O)N1CCC(C2CCc3cc(O)c(N4CC(=O)NS4(=O)=O)c(F)c3C2)C1. The van der Waals surface area contributed by atoms with Crippen molar-refractivity contribution in [3.05, 3.63) is 23.0 Å². The Labute approximate surface area is 186 Å². The second kappa shape index (κ2) is 7.79. The van der Waals surface area contributed by atoms with Crippen molar-refractivity contribution < 1.29 is 32.2 Å². The fourth-order valence-corrected chi connectivity index (χ4v) is 5.98. The van der Waals surface area contributed by atoms with E-state index in [4.69, 9.17) is 4.74 Å². The molecule has 11 heteroatoms. The van der Waals surface area contributed by atoms with Crippen molar-refractivity contribution in [2.45, 2.75) is 52.1 Å². The highest BCUT2D eigenvalue weighted by atomic mass is 32.2. The van der Waals surface area contributed by atoms with Crippen LogP contribution < -0.4 is 9.03 Å². The molecule has 2 fully saturated rings. The number of hydrogen-bond donors (Lipinski definition) is 2. The molecular weight excluding hydrogens is 441 g/mol. The third kappa shape index (κ3) is 4.22. The van der Waals surface area contributed by atoms with Crippen molar-refractivity contribution in [3.8, 4) is 5.75 Å². The summed E-state index contributed by atoms with van der Waals surface area (Å²) in [4.78, 5) is 25.6. The maximum atomic E-state index is 15.5. The fourth-order valence-electron chi connectivity index (χ4n) is 4.82. The third-order valence-electron chi connectivity index (χ3n) is 6.28. The van der Waals surface area contributed by atoms with Gasteiger partial charge in [-0.15, -0.1) is 0 Å². The van der Waals surface area contributed by atoms with Crippen molar-refractivity contribution in [1.29, 1.82) is 0 Å². The van der Waals surface area contributed by atoms with Gasteiger partial charge in [0.15, 0.2) is 5.82 Å². The quantitative estimate of drug-likeness (QED) is 0.685. The average molecular weight is 470 g/mol. The van der Waals surface area contributed by atoms with Crippen molar-refractivity contribution in [2.75, 3.05) is 23.9 Å². The van der Waals surface area contributed by atoms with Gasteiger partial charge in [0, 0.05) is 13.1 Å². The second-order valence-corrected chi connectivity index (χ2v) is 11.3. The van der Waals surface area contributed by atoms with Gasteiger partial charge in [0.1, 0.15) is 23.6 Å². The van der Waals surface area contributed by atoms with E-state index in [-0.39, 0.29) is 17.9 Å². The lowest BCUT2D eigenvalue weighted by Crippen LogP contribution is -2.36. The normalized spacial score (nSPS) is 24.9. The van der Waals surface area contributed by atoms with Gasteiger partial charge in [-0.05, 0) is 75.5 Å². The Morgan fingerprint density at radius 1 is 1.28 bits per heavy atom. The van der Waals surface area contributed by atoms with Gasteiger partial charge in [-0.25, -0.2) is 18.2 Å². The maximum Gasteiger partial charge on any atom is 0.410 e. The number of hydrogen-bond acceptors (Lipinski definition) is 6. The van der Waals surface area contributed by atoms with Gasteiger partial charge in [0.2, 0.25) is 0 Å². The number of aromatic hydroxyl groups is 1. The van der Waals surface area contributed by atoms with Gasteiger partial charge in [-0.3, -0.25) is 4.79 Å². The zero-order chi connectivity index (χ0) is 23.4. The molecule has 2 saturated heterocycles. The molecule has 0 radical (unpaired) electrons. The van der Waals surface area contributed by atoms with E-state index in [1.54, 1.807) is 9.62 Å². The number of anilines is 1. The van der Waals surface area contributed by atoms with Crippen LogP contribution in [0.3, 0.4) is 0 Å². The molecule has 176 valence electrons. The molecule has 0 aromatic heterocycles. The number of carbonyl (C=O) groups is 2. The summed E-state index contributed by atoms with van der Waals surface area (Å²) in [7, 11) is -4.25. The Hall–Kier alpha value is -2.56. The number of nitrogens with zero attached hydrogens (tertiary/aromatic N) is 2. The molecule has 2 atom stereocenters. The molecule has 2 aliphatic heterocycles. The molecule has 3 aliphatic rings. The third-order valence-corrected chi connectivity index (χ3v) is 7.66. The molecule has 4 rings (SSSR count). The Bertz CT molecular complexity index is 1070. The van der Waals surface area contributed by atoms with Crippen molar-refractivity contribution in [1.82, 2.24) is 9.62 Å². The Balaban J connectivity index is 1.54. The van der Waals surface area contributed by atoms with E-state index in [1.807, 2.05) is 20.8 Å². The van der Waals surface area contributed by atoms with E-state index in [1.165, 1.54) is 6.07 Å². The van der Waals surface area contributed by atoms with Crippen molar-refractivity contribution in [3.63, 3.8) is 0 Å². The minimum atomic E-state index is -4.25. The number of amides is 2. The summed E-state index contributed by atoms with van der Waals surface area (Å²) in [5.74, 6) is -1.82. The molecule has 0 saturated carbocycles. The first-order valence-electron chi connectivity index (χ1n) is 10.7. The second-order valence-electron chi connectivity index (χ2n) is 9.71. The van der Waals surface area contributed by atoms with Gasteiger partial charge >= 0.3 is 16.3 Å². The molecule has 2 heterocycles. The van der Waals surface area contributed by atoms with E-state index in [0.29, 0.717) is 41.4 Å². The van der Waals surface area contributed by atoms with Gasteiger partial charge in [0.25, 0.3) is 5.91 Å². The lowest BCUT2D eigenvalue weighted by molar-refractivity contribution is -0.117. The minimum Gasteiger partial charge on any atom is -0.506 e. The van der Waals surface area contributed by atoms with E-state index < -0.39 is 45.5 Å². The zero-order valence-corrected chi connectivity index (χ0v) is 19.2. The summed E-state index contributed by atoms with van der Waals surface area (Å²) in [6, 6.07) is 1.39. The standard InChI is InChI=1S/C21H28FN3O6S/c1-21(2,3)31-20(28)24-7-6-14(10-24)12-4-5-13-9-16(26)19(18(22)15(13)8-12)25-11-17(27)23-32(25,29)30/h9,12,14,26H,4-8,10-11H2,1-3H3,(H,23,27). The minimum absolute atomic E-state index is 0.108. The van der Waals surface area contributed by atoms with Crippen molar-refractivity contribution >= 4 is 27.9 Å². The highest BCUT2D eigenvalue weighted by molar-refractivity contribution is 7.92. The average Bonchev–Trinajstić information content (AvgIpc) is 3.25. The molecular formula is C21H28FN3O6S. The molecule has 2 amide bonds. The number of fused-ring (bicyclic) bond motifs is 1. The monoisotopic (exact) mass is 469 g/mol. The van der Waals surface area contributed by atoms with E-state index >= 15 is 4.39 Å². The maximum absolute atomic E-state index is 15.5. The number of phenols is 1. The predicted octanol–water partition coefficient (Wildman–Crippen LogP) is 2.07. The van der Waals surface area contributed by atoms with Gasteiger partial charge < -0.3 is 14.7 Å². The fraction of sp³-hybridized carbons (Fsp3) is 0.619. The molecule has 1 aliphatic carbocycles. The van der Waals surface area contributed by atoms with E-state index in [2.05, 4.69) is 0 Å². The number of aryl methyl sites for hydroxylation is 1. The summed E-state index contributed by atoms with van der Waals surface area (Å²) >= 11 is 0. The number of ether oxygens (including phenoxy) is 1. The molecule has 0 bridgehead atoms. The predicted molar refractivity (Wildman–Crippen MR) is 114 cm³/mol. The van der Waals surface area contributed by atoms with Crippen LogP contribution in [-0.4, -0.2) is 55.7 Å². The van der Waals surface area contributed by atoms with Gasteiger partial charge in [-0.2, -0.15) is 8.42 Å². The molecule has 1 aromatic carbocycles. The highest BCUT2D eigenvalue weighted by Crippen LogP contribution is 2.43. The van der Waals surface area contributed by atoms with Crippen LogP contribution in [0, 0.1) is 17.7 Å². The molecule has 2 unspecified atom stereocenters. The topological polar surface area (TPSA) is 116 Å². The van der Waals surface area contributed by atoms with E-state index in [9.17, 15) is 23.1 Å². The number of benzene rings is 1. The van der Waals surface area contributed by atoms with Crippen LogP contribution >= 0.6 is 0 Å². The number of nitrogens with one attached hydrogen (secondary N) is 1. The molecule has 0 spiro atoms. The zero-order valence-electron chi connectivity index (χ0n) is 18.4. The first-order chi connectivity index (χ1) is 14.9. The first-order valence-corrected chi connectivity index (χ1v) is 12.1. The van der Waals surface area contributed by atoms with Crippen LogP contribution in [-0.2, 0) is 32.6 Å². The number of halogens is 1. The summed E-state index contributed by atoms with van der Waals surface area (Å²) in [5.41, 5.74) is -0.0751. The van der Waals surface area contributed by atoms with Crippen LogP contribution in [0.25, 0.3) is 0 Å². The number of likely N-dealkylation sites (tertiary alicyclic amines) is 1. The largest absolute Gasteiger partial charge is 0.506 e. The Kier molecular flexibility index (Phi) is 5.51. The Morgan fingerprint density at radius 2 is 2.00 bits per heavy atom. The number of phenolic OH excluding ortho intramolecular Hbond substituents is 1. The van der Waals surface area contributed by atoms with Gasteiger partial charge in [0.05, 0.1) is 0 Å². The number of carbonyl (C=O) groups excluding carboxylic acids is 2. The highest BCUT2D eigenvalue weighted by Gasteiger charge is 2.40. The summed E-state index contributed by atoms with van der Waals surface area (Å²) in [6.45, 7) is 5.97. The lowest BCUT2D eigenvalue weighted by atomic mass is 9.76.